The SMILES string of the molecule is Cc1ccc([C@H]2C[C@]3(C)C(=O)CC[C@H]3[C@@H]3CC=C4CC5(CC[C@@H]4[C@H]32)OCCO5)cc1. The Morgan fingerprint density at radius 1 is 1.03 bits per heavy atom. The highest BCUT2D eigenvalue weighted by Crippen LogP contribution is 2.64. The Hall–Kier alpha value is -1.45. The van der Waals surface area contributed by atoms with Crippen molar-refractivity contribution in [3.05, 3.63) is 47.0 Å². The first kappa shape index (κ1) is 19.3. The van der Waals surface area contributed by atoms with E-state index >= 15 is 0 Å². The fourth-order valence-electron chi connectivity index (χ4n) is 8.05. The molecule has 30 heavy (non-hydrogen) atoms. The maximum Gasteiger partial charge on any atom is 0.172 e. The third kappa shape index (κ3) is 2.74. The van der Waals surface area contributed by atoms with E-state index < -0.39 is 0 Å². The lowest BCUT2D eigenvalue weighted by Crippen LogP contribution is -2.51. The van der Waals surface area contributed by atoms with Crippen LogP contribution in [0.1, 0.15) is 68.9 Å². The number of rotatable bonds is 1. The van der Waals surface area contributed by atoms with Crippen LogP contribution in [0.3, 0.4) is 0 Å². The van der Waals surface area contributed by atoms with Crippen LogP contribution in [0.4, 0.5) is 0 Å². The lowest BCUT2D eigenvalue weighted by atomic mass is 9.48. The van der Waals surface area contributed by atoms with E-state index in [4.69, 9.17) is 9.47 Å². The second-order valence-electron chi connectivity index (χ2n) is 10.9. The fourth-order valence-corrected chi connectivity index (χ4v) is 8.05. The zero-order valence-corrected chi connectivity index (χ0v) is 18.4. The number of carbonyl (C=O) groups excluding carboxylic acids is 1. The molecule has 0 N–H and O–H groups in total. The highest BCUT2D eigenvalue weighted by molar-refractivity contribution is 5.87. The zero-order chi connectivity index (χ0) is 20.5. The van der Waals surface area contributed by atoms with Gasteiger partial charge in [0.05, 0.1) is 13.2 Å². The Morgan fingerprint density at radius 3 is 2.57 bits per heavy atom. The standard InChI is InChI=1S/C27H34O3/c1-17-3-5-18(6-4-17)22-16-26(2)23(9-10-24(26)28)21-8-7-19-15-27(29-13-14-30-27)12-11-20(19)25(21)22/h3-7,20-23,25H,8-16H2,1-2H3/t20-,21-,22+,23-,25+,26-/m0/s1. The zero-order valence-electron chi connectivity index (χ0n) is 18.4. The average Bonchev–Trinajstić information content (AvgIpc) is 3.32. The van der Waals surface area contributed by atoms with E-state index in [1.54, 1.807) is 5.57 Å². The van der Waals surface area contributed by atoms with Crippen molar-refractivity contribution in [1.29, 1.82) is 0 Å². The smallest absolute Gasteiger partial charge is 0.172 e. The van der Waals surface area contributed by atoms with Crippen LogP contribution in [-0.2, 0) is 14.3 Å². The first-order chi connectivity index (χ1) is 14.5. The lowest BCUT2D eigenvalue weighted by Gasteiger charge is -2.56. The normalized spacial score (nSPS) is 41.9. The van der Waals surface area contributed by atoms with E-state index in [0.717, 1.165) is 58.2 Å². The highest BCUT2D eigenvalue weighted by atomic mass is 16.7. The Kier molecular flexibility index (Phi) is 4.35. The summed E-state index contributed by atoms with van der Waals surface area (Å²) < 4.78 is 12.2. The number of allylic oxidation sites excluding steroid dienone is 1. The van der Waals surface area contributed by atoms with Gasteiger partial charge >= 0.3 is 0 Å². The van der Waals surface area contributed by atoms with Gasteiger partial charge in [0.15, 0.2) is 5.79 Å². The van der Waals surface area contributed by atoms with Gasteiger partial charge in [0.25, 0.3) is 0 Å². The van der Waals surface area contributed by atoms with Gasteiger partial charge in [-0.1, -0.05) is 48.4 Å². The second-order valence-corrected chi connectivity index (χ2v) is 10.9. The predicted octanol–water partition coefficient (Wildman–Crippen LogP) is 5.57. The molecule has 3 nitrogen and oxygen atoms in total. The summed E-state index contributed by atoms with van der Waals surface area (Å²) >= 11 is 0. The van der Waals surface area contributed by atoms with Crippen LogP contribution >= 0.6 is 0 Å². The van der Waals surface area contributed by atoms with Crippen molar-refractivity contribution in [3.8, 4) is 0 Å². The Morgan fingerprint density at radius 2 is 1.80 bits per heavy atom. The molecule has 0 bridgehead atoms. The first-order valence-electron chi connectivity index (χ1n) is 12.1. The summed E-state index contributed by atoms with van der Waals surface area (Å²) in [5.41, 5.74) is 4.21. The summed E-state index contributed by atoms with van der Waals surface area (Å²) in [5.74, 6) is 3.12. The van der Waals surface area contributed by atoms with Crippen molar-refractivity contribution in [2.45, 2.75) is 70.5 Å². The lowest BCUT2D eigenvalue weighted by molar-refractivity contribution is -0.176. The minimum atomic E-state index is -0.346. The van der Waals surface area contributed by atoms with Gasteiger partial charge in [-0.05, 0) is 67.8 Å². The third-order valence-corrected chi connectivity index (χ3v) is 9.48. The molecule has 0 unspecified atom stereocenters. The van der Waals surface area contributed by atoms with Crippen molar-refractivity contribution in [3.63, 3.8) is 0 Å². The molecule has 1 heterocycles. The molecular weight excluding hydrogens is 372 g/mol. The number of fused-ring (bicyclic) bond motifs is 5. The Bertz CT molecular complexity index is 878. The van der Waals surface area contributed by atoms with Gasteiger partial charge in [0, 0.05) is 24.7 Å². The summed E-state index contributed by atoms with van der Waals surface area (Å²) in [6, 6.07) is 9.19. The first-order valence-corrected chi connectivity index (χ1v) is 12.1. The van der Waals surface area contributed by atoms with Gasteiger partial charge in [-0.25, -0.2) is 0 Å². The fraction of sp³-hybridized carbons (Fsp3) is 0.667. The number of aryl methyl sites for hydroxylation is 1. The number of carbonyl (C=O) groups is 1. The molecule has 3 heteroatoms. The number of ketones is 1. The van der Waals surface area contributed by atoms with Gasteiger partial charge in [0.2, 0.25) is 0 Å². The van der Waals surface area contributed by atoms with Crippen LogP contribution < -0.4 is 0 Å². The molecule has 4 fully saturated rings. The molecular formula is C27H34O3. The maximum absolute atomic E-state index is 13.0. The topological polar surface area (TPSA) is 35.5 Å². The number of ether oxygens (including phenoxy) is 2. The number of hydrogen-bond donors (Lipinski definition) is 0. The third-order valence-electron chi connectivity index (χ3n) is 9.48. The Labute approximate surface area is 180 Å². The second kappa shape index (κ2) is 6.77. The van der Waals surface area contributed by atoms with Crippen molar-refractivity contribution in [1.82, 2.24) is 0 Å². The van der Waals surface area contributed by atoms with E-state index in [9.17, 15) is 4.79 Å². The van der Waals surface area contributed by atoms with Crippen LogP contribution in [0.2, 0.25) is 0 Å². The van der Waals surface area contributed by atoms with E-state index in [2.05, 4.69) is 44.2 Å². The molecule has 1 aromatic carbocycles. The number of benzene rings is 1. The van der Waals surface area contributed by atoms with E-state index in [1.165, 1.54) is 11.1 Å². The van der Waals surface area contributed by atoms with Gasteiger partial charge < -0.3 is 9.47 Å². The molecule has 1 spiro atoms. The summed E-state index contributed by atoms with van der Waals surface area (Å²) in [4.78, 5) is 13.0. The monoisotopic (exact) mass is 406 g/mol. The largest absolute Gasteiger partial charge is 0.347 e. The van der Waals surface area contributed by atoms with Gasteiger partial charge in [-0.15, -0.1) is 0 Å². The highest BCUT2D eigenvalue weighted by Gasteiger charge is 2.60. The molecule has 1 aromatic rings. The van der Waals surface area contributed by atoms with Crippen molar-refractivity contribution in [2.24, 2.45) is 29.1 Å². The van der Waals surface area contributed by atoms with Crippen molar-refractivity contribution in [2.75, 3.05) is 13.2 Å². The number of hydrogen-bond acceptors (Lipinski definition) is 3. The van der Waals surface area contributed by atoms with Crippen LogP contribution in [0.15, 0.2) is 35.9 Å². The summed E-state index contributed by atoms with van der Waals surface area (Å²) in [5, 5.41) is 0. The molecule has 160 valence electrons. The Balaban J connectivity index is 1.40. The van der Waals surface area contributed by atoms with Gasteiger partial charge in [-0.3, -0.25) is 4.79 Å². The van der Waals surface area contributed by atoms with Crippen LogP contribution in [0.25, 0.3) is 0 Å². The van der Waals surface area contributed by atoms with E-state index in [0.29, 0.717) is 35.4 Å². The van der Waals surface area contributed by atoms with Crippen molar-refractivity contribution < 1.29 is 14.3 Å². The van der Waals surface area contributed by atoms with E-state index in [-0.39, 0.29) is 11.2 Å². The summed E-state index contributed by atoms with van der Waals surface area (Å²) in [6.45, 7) is 5.92. The maximum atomic E-state index is 13.0. The van der Waals surface area contributed by atoms with E-state index in [1.807, 2.05) is 0 Å². The molecule has 3 saturated carbocycles. The number of Topliss-reactive ketones (excluding diaryl/α,β-unsaturated/α-hetero) is 1. The van der Waals surface area contributed by atoms with Crippen LogP contribution in [0, 0.1) is 36.0 Å². The minimum absolute atomic E-state index is 0.129. The molecule has 6 rings (SSSR count). The summed E-state index contributed by atoms with van der Waals surface area (Å²) in [7, 11) is 0. The predicted molar refractivity (Wildman–Crippen MR) is 116 cm³/mol. The molecule has 6 atom stereocenters. The molecule has 1 saturated heterocycles. The quantitative estimate of drug-likeness (QED) is 0.572. The molecule has 4 aliphatic carbocycles. The summed E-state index contributed by atoms with van der Waals surface area (Å²) in [6.07, 6.45) is 9.69. The molecule has 1 aliphatic heterocycles. The minimum Gasteiger partial charge on any atom is -0.347 e. The van der Waals surface area contributed by atoms with Gasteiger partial charge in [0.1, 0.15) is 5.78 Å². The molecule has 5 aliphatic rings. The average molecular weight is 407 g/mol. The molecule has 0 amide bonds. The van der Waals surface area contributed by atoms with Gasteiger partial charge in [-0.2, -0.15) is 0 Å². The van der Waals surface area contributed by atoms with Crippen LogP contribution in [-0.4, -0.2) is 24.8 Å². The van der Waals surface area contributed by atoms with Crippen molar-refractivity contribution >= 4 is 5.78 Å². The molecule has 0 radical (unpaired) electrons. The molecule has 0 aromatic heterocycles. The van der Waals surface area contributed by atoms with Crippen LogP contribution in [0.5, 0.6) is 0 Å².